The second-order valence-electron chi connectivity index (χ2n) is 6.89. The Hall–Kier alpha value is -2.01. The van der Waals surface area contributed by atoms with E-state index in [0.717, 1.165) is 29.2 Å². The van der Waals surface area contributed by atoms with Gasteiger partial charge in [0, 0.05) is 36.6 Å². The minimum atomic E-state index is -3.33. The van der Waals surface area contributed by atoms with Gasteiger partial charge < -0.3 is 20.1 Å². The zero-order valence-corrected chi connectivity index (χ0v) is 16.7. The number of hydrogen-bond acceptors (Lipinski definition) is 8. The van der Waals surface area contributed by atoms with Gasteiger partial charge in [0.1, 0.15) is 0 Å². The molecule has 0 aliphatic carbocycles. The van der Waals surface area contributed by atoms with E-state index >= 15 is 0 Å². The van der Waals surface area contributed by atoms with Crippen molar-refractivity contribution in [2.24, 2.45) is 0 Å². The van der Waals surface area contributed by atoms with Crippen molar-refractivity contribution in [3.63, 3.8) is 0 Å². The molecular formula is C18H21N3O5S2. The van der Waals surface area contributed by atoms with Gasteiger partial charge in [0.15, 0.2) is 9.84 Å². The van der Waals surface area contributed by atoms with Crippen molar-refractivity contribution < 1.29 is 23.1 Å². The van der Waals surface area contributed by atoms with E-state index in [9.17, 15) is 18.3 Å². The number of sulfone groups is 1. The zero-order valence-electron chi connectivity index (χ0n) is 15.1. The largest absolute Gasteiger partial charge is 0.390 e. The summed E-state index contributed by atoms with van der Waals surface area (Å²) < 4.78 is 28.8. The van der Waals surface area contributed by atoms with Crippen LogP contribution >= 0.6 is 11.3 Å². The van der Waals surface area contributed by atoms with Gasteiger partial charge in [-0.3, -0.25) is 9.78 Å². The predicted octanol–water partition coefficient (Wildman–Crippen LogP) is 0.534. The molecule has 1 amide bonds. The highest BCUT2D eigenvalue weighted by atomic mass is 32.2. The maximum atomic E-state index is 12.8. The van der Waals surface area contributed by atoms with Gasteiger partial charge in [0.2, 0.25) is 0 Å². The van der Waals surface area contributed by atoms with Crippen molar-refractivity contribution in [2.45, 2.75) is 12.1 Å². The lowest BCUT2D eigenvalue weighted by atomic mass is 10.1. The number of pyridine rings is 1. The number of amides is 1. The number of ether oxygens (including phenoxy) is 1. The second-order valence-corrected chi connectivity index (χ2v) is 10.1. The standard InChI is InChI=1S/C18H21N3O5S2/c22-15-11-28(24,25)10-14(15)20-17(23)16-8-13(12-2-1-3-19-9-12)18(27-16)21-4-6-26-7-5-21/h1-3,8-9,14-15,22H,4-7,10-11H2,(H,20,23)/t14-,15-/m0/s1. The summed E-state index contributed by atoms with van der Waals surface area (Å²) in [7, 11) is -3.33. The lowest BCUT2D eigenvalue weighted by Crippen LogP contribution is -2.42. The minimum absolute atomic E-state index is 0.239. The first-order valence-electron chi connectivity index (χ1n) is 8.99. The number of aliphatic hydroxyl groups is 1. The maximum Gasteiger partial charge on any atom is 0.261 e. The van der Waals surface area contributed by atoms with Gasteiger partial charge in [0.25, 0.3) is 5.91 Å². The summed E-state index contributed by atoms with van der Waals surface area (Å²) >= 11 is 1.35. The Balaban J connectivity index is 1.62. The molecule has 10 heteroatoms. The quantitative estimate of drug-likeness (QED) is 0.739. The normalized spacial score (nSPS) is 24.2. The van der Waals surface area contributed by atoms with Gasteiger partial charge >= 0.3 is 0 Å². The third-order valence-corrected chi connectivity index (χ3v) is 7.76. The number of aliphatic hydroxyl groups excluding tert-OH is 1. The number of nitrogens with zero attached hydrogens (tertiary/aromatic N) is 2. The fourth-order valence-electron chi connectivity index (χ4n) is 3.43. The summed E-state index contributed by atoms with van der Waals surface area (Å²) in [5.74, 6) is -0.935. The predicted molar refractivity (Wildman–Crippen MR) is 106 cm³/mol. The molecule has 0 bridgehead atoms. The molecule has 0 aromatic carbocycles. The molecule has 8 nitrogen and oxygen atoms in total. The highest BCUT2D eigenvalue weighted by molar-refractivity contribution is 7.91. The van der Waals surface area contributed by atoms with Crippen LogP contribution in [-0.4, -0.2) is 74.4 Å². The molecular weight excluding hydrogens is 402 g/mol. The van der Waals surface area contributed by atoms with E-state index in [1.54, 1.807) is 18.5 Å². The summed E-state index contributed by atoms with van der Waals surface area (Å²) in [5, 5.41) is 13.6. The van der Waals surface area contributed by atoms with E-state index in [-0.39, 0.29) is 17.4 Å². The van der Waals surface area contributed by atoms with Crippen LogP contribution in [0.4, 0.5) is 5.00 Å². The highest BCUT2D eigenvalue weighted by Crippen LogP contribution is 2.39. The molecule has 2 aromatic heterocycles. The Kier molecular flexibility index (Phi) is 5.37. The average Bonchev–Trinajstić information content (AvgIpc) is 3.24. The van der Waals surface area contributed by atoms with Crippen molar-refractivity contribution in [1.82, 2.24) is 10.3 Å². The highest BCUT2D eigenvalue weighted by Gasteiger charge is 2.37. The molecule has 2 fully saturated rings. The molecule has 2 aliphatic heterocycles. The maximum absolute atomic E-state index is 12.8. The van der Waals surface area contributed by atoms with Crippen LogP contribution in [0.5, 0.6) is 0 Å². The topological polar surface area (TPSA) is 109 Å². The zero-order chi connectivity index (χ0) is 19.7. The molecule has 2 aliphatic rings. The molecule has 2 saturated heterocycles. The number of carbonyl (C=O) groups excluding carboxylic acids is 1. The average molecular weight is 424 g/mol. The fraction of sp³-hybridized carbons (Fsp3) is 0.444. The number of morpholine rings is 1. The van der Waals surface area contributed by atoms with E-state index in [0.29, 0.717) is 18.1 Å². The lowest BCUT2D eigenvalue weighted by Gasteiger charge is -2.28. The third-order valence-electron chi connectivity index (χ3n) is 4.85. The van der Waals surface area contributed by atoms with Crippen molar-refractivity contribution >= 4 is 32.1 Å². The first-order chi connectivity index (χ1) is 13.4. The molecule has 2 aromatic rings. The van der Waals surface area contributed by atoms with E-state index in [4.69, 9.17) is 4.74 Å². The molecule has 4 heterocycles. The number of rotatable bonds is 4. The van der Waals surface area contributed by atoms with Crippen LogP contribution in [0.2, 0.25) is 0 Å². The van der Waals surface area contributed by atoms with Crippen LogP contribution in [0.25, 0.3) is 11.1 Å². The fourth-order valence-corrected chi connectivity index (χ4v) is 6.31. The summed E-state index contributed by atoms with van der Waals surface area (Å²) in [4.78, 5) is 19.6. The van der Waals surface area contributed by atoms with Crippen LogP contribution in [-0.2, 0) is 14.6 Å². The molecule has 28 heavy (non-hydrogen) atoms. The summed E-state index contributed by atoms with van der Waals surface area (Å²) in [6.07, 6.45) is 2.37. The Bertz CT molecular complexity index is 955. The molecule has 4 rings (SSSR count). The number of carbonyl (C=O) groups is 1. The van der Waals surface area contributed by atoms with Crippen molar-refractivity contribution in [2.75, 3.05) is 42.7 Å². The molecule has 2 N–H and O–H groups in total. The van der Waals surface area contributed by atoms with Gasteiger partial charge in [-0.2, -0.15) is 0 Å². The SMILES string of the molecule is O=C(N[C@H]1CS(=O)(=O)C[C@@H]1O)c1cc(-c2cccnc2)c(N2CCOCC2)s1. The summed E-state index contributed by atoms with van der Waals surface area (Å²) in [6, 6.07) is 4.80. The molecule has 0 unspecified atom stereocenters. The van der Waals surface area contributed by atoms with Crippen LogP contribution < -0.4 is 10.2 Å². The van der Waals surface area contributed by atoms with Gasteiger partial charge in [-0.05, 0) is 12.1 Å². The number of hydrogen-bond donors (Lipinski definition) is 2. The van der Waals surface area contributed by atoms with E-state index < -0.39 is 22.0 Å². The Morgan fingerprint density at radius 2 is 2.11 bits per heavy atom. The van der Waals surface area contributed by atoms with Gasteiger partial charge in [0.05, 0.1) is 46.7 Å². The Morgan fingerprint density at radius 1 is 1.32 bits per heavy atom. The number of thiophene rings is 1. The molecule has 0 spiro atoms. The Morgan fingerprint density at radius 3 is 2.75 bits per heavy atom. The minimum Gasteiger partial charge on any atom is -0.390 e. The molecule has 0 saturated carbocycles. The molecule has 150 valence electrons. The van der Waals surface area contributed by atoms with Crippen LogP contribution in [0, 0.1) is 0 Å². The van der Waals surface area contributed by atoms with E-state index in [1.807, 2.05) is 12.1 Å². The van der Waals surface area contributed by atoms with Crippen molar-refractivity contribution in [3.05, 3.63) is 35.5 Å². The van der Waals surface area contributed by atoms with Crippen LogP contribution in [0.3, 0.4) is 0 Å². The monoisotopic (exact) mass is 423 g/mol. The third kappa shape index (κ3) is 4.04. The van der Waals surface area contributed by atoms with Gasteiger partial charge in [-0.25, -0.2) is 8.42 Å². The lowest BCUT2D eigenvalue weighted by molar-refractivity contribution is 0.0893. The van der Waals surface area contributed by atoms with Crippen molar-refractivity contribution in [3.8, 4) is 11.1 Å². The van der Waals surface area contributed by atoms with Crippen LogP contribution in [0.15, 0.2) is 30.6 Å². The van der Waals surface area contributed by atoms with Gasteiger partial charge in [-0.15, -0.1) is 11.3 Å². The number of anilines is 1. The Labute approximate surface area is 167 Å². The van der Waals surface area contributed by atoms with Crippen molar-refractivity contribution in [1.29, 1.82) is 0 Å². The smallest absolute Gasteiger partial charge is 0.261 e. The van der Waals surface area contributed by atoms with Gasteiger partial charge in [-0.1, -0.05) is 6.07 Å². The first-order valence-corrected chi connectivity index (χ1v) is 11.6. The molecule has 2 atom stereocenters. The number of aromatic nitrogens is 1. The summed E-state index contributed by atoms with van der Waals surface area (Å²) in [6.45, 7) is 2.71. The van der Waals surface area contributed by atoms with Crippen LogP contribution in [0.1, 0.15) is 9.67 Å². The summed E-state index contributed by atoms with van der Waals surface area (Å²) in [5.41, 5.74) is 1.81. The van der Waals surface area contributed by atoms with E-state index in [2.05, 4.69) is 15.2 Å². The number of nitrogens with one attached hydrogen (secondary N) is 1. The molecule has 0 radical (unpaired) electrons. The first kappa shape index (κ1) is 19.3. The van der Waals surface area contributed by atoms with E-state index in [1.165, 1.54) is 11.3 Å². The second kappa shape index (κ2) is 7.78.